The van der Waals surface area contributed by atoms with Crippen LogP contribution in [-0.4, -0.2) is 236 Å². The first-order valence-corrected chi connectivity index (χ1v) is 42.8. The monoisotopic (exact) mass is 1860 g/mol. The molecule has 44 nitrogen and oxygen atoms in total. The minimum absolute atomic E-state index is 0.00323. The molecule has 6 aromatic heterocycles. The number of hydrogen-bond donors (Lipinski definition) is 14. The Balaban J connectivity index is 0.654. The van der Waals surface area contributed by atoms with Crippen LogP contribution in [0.4, 0.5) is 23.3 Å². The number of carbonyl (C=O) groups excluding carboxylic acids is 10. The van der Waals surface area contributed by atoms with Crippen molar-refractivity contribution in [3.8, 4) is 22.6 Å². The van der Waals surface area contributed by atoms with Gasteiger partial charge in [0.2, 0.25) is 47.3 Å². The fraction of sp³-hybridized carbons (Fsp3) is 0.372. The van der Waals surface area contributed by atoms with E-state index in [0.29, 0.717) is 92.3 Å². The quantitative estimate of drug-likeness (QED) is 0.0173. The molecule has 696 valence electrons. The fourth-order valence-corrected chi connectivity index (χ4v) is 16.2. The number of amides is 10. The third-order valence-electron chi connectivity index (χ3n) is 22.0. The molecule has 0 saturated carbocycles. The average molecular weight is 1860 g/mol. The summed E-state index contributed by atoms with van der Waals surface area (Å²) in [5, 5.41) is 68.5. The lowest BCUT2D eigenvalue weighted by Crippen LogP contribution is -2.57. The zero-order valence-corrected chi connectivity index (χ0v) is 74.4. The summed E-state index contributed by atoms with van der Waals surface area (Å²) in [6.07, 6.45) is 1.50. The molecule has 0 saturated heterocycles. The molecule has 3 atom stereocenters. The number of carboxylic acid groups (broad SMARTS) is 4. The number of primary amides is 2. The molecule has 0 bridgehead atoms. The summed E-state index contributed by atoms with van der Waals surface area (Å²) in [6, 6.07) is 12.9. The maximum absolute atomic E-state index is 14.2. The Hall–Kier alpha value is -14.9. The van der Waals surface area contributed by atoms with E-state index >= 15 is 0 Å². The smallest absolute Gasteiger partial charge is 0.305 e. The number of carbonyl (C=O) groups is 14. The first-order chi connectivity index (χ1) is 63.0. The van der Waals surface area contributed by atoms with E-state index in [1.807, 2.05) is 11.8 Å². The van der Waals surface area contributed by atoms with Gasteiger partial charge in [-0.2, -0.15) is 10.2 Å². The minimum Gasteiger partial charge on any atom is -0.494 e. The molecular formula is C86H98Cl2N24O20. The van der Waals surface area contributed by atoms with Crippen molar-refractivity contribution in [2.24, 2.45) is 25.6 Å². The van der Waals surface area contributed by atoms with Crippen molar-refractivity contribution in [3.63, 3.8) is 0 Å². The molecule has 0 aliphatic carbocycles. The van der Waals surface area contributed by atoms with Gasteiger partial charge in [-0.25, -0.2) is 19.9 Å². The van der Waals surface area contributed by atoms with Crippen LogP contribution in [0.15, 0.2) is 84.9 Å². The molecule has 16 N–H and O–H groups in total. The van der Waals surface area contributed by atoms with Crippen molar-refractivity contribution >= 4 is 151 Å². The summed E-state index contributed by atoms with van der Waals surface area (Å²) in [5.74, 6) is -13.8. The predicted molar refractivity (Wildman–Crippen MR) is 477 cm³/mol. The molecular weight excluding hydrogens is 1760 g/mol. The van der Waals surface area contributed by atoms with Crippen molar-refractivity contribution in [2.75, 3.05) is 67.7 Å². The molecule has 46 heteroatoms. The van der Waals surface area contributed by atoms with Gasteiger partial charge in [0, 0.05) is 132 Å². The molecule has 0 unspecified atom stereocenters. The van der Waals surface area contributed by atoms with Crippen LogP contribution in [0, 0.1) is 13.8 Å². The highest BCUT2D eigenvalue weighted by Crippen LogP contribution is 2.41. The number of nitrogens with two attached hydrogens (primary N) is 2. The van der Waals surface area contributed by atoms with Crippen LogP contribution in [0.1, 0.15) is 162 Å². The highest BCUT2D eigenvalue weighted by molar-refractivity contribution is 6.40. The van der Waals surface area contributed by atoms with Crippen molar-refractivity contribution < 1.29 is 97.0 Å². The number of carboxylic acids is 4. The van der Waals surface area contributed by atoms with Gasteiger partial charge in [-0.1, -0.05) is 59.6 Å². The van der Waals surface area contributed by atoms with E-state index in [2.05, 4.69) is 72.6 Å². The molecule has 0 radical (unpaired) electrons. The Kier molecular flexibility index (Phi) is 31.0. The van der Waals surface area contributed by atoms with E-state index in [-0.39, 0.29) is 161 Å². The number of aromatic nitrogens is 12. The number of rotatable bonds is 43. The number of methoxy groups -OCH3 is 1. The Bertz CT molecular complexity index is 6260. The molecule has 0 fully saturated rings. The zero-order valence-electron chi connectivity index (χ0n) is 72.9. The highest BCUT2D eigenvalue weighted by Gasteiger charge is 2.36. The third kappa shape index (κ3) is 22.8. The highest BCUT2D eigenvalue weighted by atomic mass is 35.5. The van der Waals surface area contributed by atoms with E-state index in [4.69, 9.17) is 54.2 Å². The van der Waals surface area contributed by atoms with E-state index in [1.165, 1.54) is 40.7 Å². The Morgan fingerprint density at radius 1 is 0.523 bits per heavy atom. The van der Waals surface area contributed by atoms with Gasteiger partial charge in [0.05, 0.1) is 88.2 Å². The van der Waals surface area contributed by atoms with E-state index in [0.717, 1.165) is 17.1 Å². The number of nitrogens with zero attached hydrogens (tertiary/aromatic N) is 14. The number of hydrogen-bond acceptors (Lipinski definition) is 24. The van der Waals surface area contributed by atoms with Crippen LogP contribution in [0.25, 0.3) is 33.2 Å². The normalized spacial score (nSPS) is 13.3. The SMILES string of the molecule is CCn1nc(C)cc1C(=O)Nc1nc2cc(C(N)=O)cc(OC)c2n1C/C=C/Cn1c(NC(=O)c2cc(C)nn2CC)nc2cc(C(N)=O)cc(OCCCNC(=O)[C@H](CC(=O)O)NC(=O)[C@H](CC(=O)O)NC(=O)[C@H](CC(=O)O)NC(=O)CCCN3CCc4c(nc(C(=O)Nc5cccc(-c6cccc(NC(=O)c7nc8c(n7C)CCN(CCCC(=O)O)C8)c6Cl)c5Cl)n4C)C3)c21. The van der Waals surface area contributed by atoms with Crippen LogP contribution in [0.5, 0.6) is 11.5 Å². The number of aliphatic carboxylic acids is 4. The van der Waals surface area contributed by atoms with Crippen LogP contribution in [0.3, 0.4) is 0 Å². The minimum atomic E-state index is -2.08. The van der Waals surface area contributed by atoms with E-state index in [1.54, 1.807) is 114 Å². The van der Waals surface area contributed by atoms with Gasteiger partial charge >= 0.3 is 23.9 Å². The summed E-state index contributed by atoms with van der Waals surface area (Å²) in [7, 11) is 4.83. The van der Waals surface area contributed by atoms with Crippen molar-refractivity contribution in [1.29, 1.82) is 0 Å². The number of benzene rings is 4. The van der Waals surface area contributed by atoms with Gasteiger partial charge in [-0.15, -0.1) is 0 Å². The summed E-state index contributed by atoms with van der Waals surface area (Å²) >= 11 is 14.0. The van der Waals surface area contributed by atoms with Crippen LogP contribution < -0.4 is 63.5 Å². The number of imidazole rings is 4. The molecule has 12 rings (SSSR count). The number of fused-ring (bicyclic) bond motifs is 4. The van der Waals surface area contributed by atoms with Crippen LogP contribution in [-0.2, 0) is 105 Å². The number of aryl methyl sites for hydroxylation is 4. The summed E-state index contributed by atoms with van der Waals surface area (Å²) in [4.78, 5) is 207. The molecule has 0 spiro atoms. The molecule has 2 aliphatic rings. The van der Waals surface area contributed by atoms with Crippen LogP contribution >= 0.6 is 23.2 Å². The number of halogens is 2. The Morgan fingerprint density at radius 3 is 1.39 bits per heavy atom. The molecule has 2 aliphatic heterocycles. The predicted octanol–water partition coefficient (Wildman–Crippen LogP) is 5.17. The molecule has 10 amide bonds. The number of nitrogens with one attached hydrogen (secondary N) is 8. The van der Waals surface area contributed by atoms with Gasteiger partial charge in [0.25, 0.3) is 23.6 Å². The second-order valence-corrected chi connectivity index (χ2v) is 32.0. The molecule has 8 heterocycles. The Labute approximate surface area is 762 Å². The number of allylic oxidation sites excluding steroid dienone is 2. The van der Waals surface area contributed by atoms with Gasteiger partial charge in [0.15, 0.2) is 11.6 Å². The Morgan fingerprint density at radius 2 is 0.955 bits per heavy atom. The van der Waals surface area contributed by atoms with E-state index < -0.39 is 120 Å². The van der Waals surface area contributed by atoms with Crippen molar-refractivity contribution in [3.05, 3.63) is 163 Å². The summed E-state index contributed by atoms with van der Waals surface area (Å²) < 4.78 is 21.6. The first kappa shape index (κ1) is 96.2. The lowest BCUT2D eigenvalue weighted by Gasteiger charge is -2.26. The molecule has 132 heavy (non-hydrogen) atoms. The van der Waals surface area contributed by atoms with E-state index in [9.17, 15) is 82.4 Å². The van der Waals surface area contributed by atoms with Crippen molar-refractivity contribution in [2.45, 2.75) is 149 Å². The second kappa shape index (κ2) is 42.5. The topological polar surface area (TPSA) is 600 Å². The maximum atomic E-state index is 14.2. The fourth-order valence-electron chi connectivity index (χ4n) is 15.6. The maximum Gasteiger partial charge on any atom is 0.305 e. The number of anilines is 4. The van der Waals surface area contributed by atoms with Crippen LogP contribution in [0.2, 0.25) is 10.0 Å². The average Bonchev–Trinajstić information content (AvgIpc) is 1.97. The lowest BCUT2D eigenvalue weighted by atomic mass is 10.0. The summed E-state index contributed by atoms with van der Waals surface area (Å²) in [5.41, 5.74) is 18.3. The summed E-state index contributed by atoms with van der Waals surface area (Å²) in [6.45, 7) is 9.82. The van der Waals surface area contributed by atoms with Gasteiger partial charge < -0.3 is 91.5 Å². The molecule has 10 aromatic rings. The van der Waals surface area contributed by atoms with Crippen molar-refractivity contribution in [1.82, 2.24) is 88.8 Å². The van der Waals surface area contributed by atoms with Gasteiger partial charge in [0.1, 0.15) is 52.0 Å². The third-order valence-corrected chi connectivity index (χ3v) is 22.8. The van der Waals surface area contributed by atoms with Gasteiger partial charge in [-0.05, 0) is 109 Å². The lowest BCUT2D eigenvalue weighted by molar-refractivity contribution is -0.144. The van der Waals surface area contributed by atoms with Gasteiger partial charge in [-0.3, -0.25) is 96.9 Å². The first-order valence-electron chi connectivity index (χ1n) is 42.0. The molecule has 4 aromatic carbocycles. The zero-order chi connectivity index (χ0) is 95.2. The second-order valence-electron chi connectivity index (χ2n) is 31.3. The standard InChI is InChI=1S/C86H98Cl2N24O20/c1-8-111-61(33-44(3)103-111)81(127)101-85-99-52-35-46(74(89)122)37-63(131-7)72(52)109(85)28-10-11-29-110-73-53(100-86(110)102-82(128)62-34-45(4)104-112(62)9-2)36-47(75(90)123)38-64(73)132-32-16-25-91-78(124)54(39-67(116)117)97-80(126)56(41-69(120)121)98-79(125)55(40-68(118)119)92-65(113)21-14-26-107-30-23-59-57(42-107)93-76(105(59)5)83(129)95-50-19-12-17-48(70(50)87)49-18-13-20-51(71(49)88)96-84(130)77-94-58-43-108(27-15-22-66(114)115)31-24-60(58)106(77)6/h10-13,17-20,33-38,54-56H,8-9,14-16,21-32,39-43H2,1-7H3,(H2,89,122)(H2,90,123)(H,91,124)(H,92,113)(H,95,129)(H,96,130)(H,97,126)(H,98,125)(H,114,115)(H,116,117)(H,118,119)(H,120,121)(H,99,101,127)(H,100,102,128)/b11-10+/t54-,55-,56-/m0/s1. The number of ether oxygens (including phenoxy) is 2. The largest absolute Gasteiger partial charge is 0.494 e.